The summed E-state index contributed by atoms with van der Waals surface area (Å²) < 4.78 is 3.35. The van der Waals surface area contributed by atoms with Crippen LogP contribution < -0.4 is 11.0 Å². The van der Waals surface area contributed by atoms with Crippen LogP contribution in [0.15, 0.2) is 40.5 Å². The number of piperidine rings is 1. The van der Waals surface area contributed by atoms with Crippen molar-refractivity contribution < 1.29 is 0 Å². The normalized spacial score (nSPS) is 14.9. The van der Waals surface area contributed by atoms with E-state index < -0.39 is 0 Å². The number of hydrogen-bond acceptors (Lipinski definition) is 5. The average Bonchev–Trinajstić information content (AvgIpc) is 3.28. The first-order valence-electron chi connectivity index (χ1n) is 9.15. The molecule has 3 heterocycles. The highest BCUT2D eigenvalue weighted by atomic mass is 35.5. The lowest BCUT2D eigenvalue weighted by atomic mass is 9.97. The largest absolute Gasteiger partial charge is 0.350 e. The second-order valence-corrected chi connectivity index (χ2v) is 7.52. The lowest BCUT2D eigenvalue weighted by Gasteiger charge is -2.22. The van der Waals surface area contributed by atoms with E-state index in [0.29, 0.717) is 12.5 Å². The number of rotatable bonds is 5. The minimum atomic E-state index is -0.0872. The molecule has 0 saturated carbocycles. The van der Waals surface area contributed by atoms with E-state index in [1.54, 1.807) is 20.6 Å². The highest BCUT2D eigenvalue weighted by molar-refractivity contribution is 7.09. The van der Waals surface area contributed by atoms with Crippen molar-refractivity contribution in [1.29, 1.82) is 0 Å². The third kappa shape index (κ3) is 4.15. The molecule has 0 bridgehead atoms. The summed E-state index contributed by atoms with van der Waals surface area (Å²) in [5, 5.41) is 11.2. The predicted molar refractivity (Wildman–Crippen MR) is 111 cm³/mol. The van der Waals surface area contributed by atoms with Crippen LogP contribution in [0.25, 0.3) is 5.69 Å². The Labute approximate surface area is 168 Å². The van der Waals surface area contributed by atoms with Crippen molar-refractivity contribution >= 4 is 23.7 Å². The molecule has 0 atom stereocenters. The highest BCUT2D eigenvalue weighted by Gasteiger charge is 2.25. The van der Waals surface area contributed by atoms with E-state index in [-0.39, 0.29) is 18.1 Å². The fourth-order valence-corrected chi connectivity index (χ4v) is 4.17. The molecule has 27 heavy (non-hydrogen) atoms. The predicted octanol–water partition coefficient (Wildman–Crippen LogP) is 2.99. The molecule has 4 rings (SSSR count). The number of nitrogens with zero attached hydrogens (tertiary/aromatic N) is 4. The standard InChI is InChI=1S/C19H23N5OS.ClH/c1-2-17-21-15(13-26-17)12-23-19(25)24(16-6-4-3-5-7-16)18(22-23)14-8-10-20-11-9-14;/h3-7,13-14,20H,2,8-12H2,1H3;1H. The van der Waals surface area contributed by atoms with E-state index in [1.165, 1.54) is 0 Å². The van der Waals surface area contributed by atoms with Gasteiger partial charge < -0.3 is 5.32 Å². The number of hydrogen-bond donors (Lipinski definition) is 1. The van der Waals surface area contributed by atoms with Crippen LogP contribution in [0.2, 0.25) is 0 Å². The van der Waals surface area contributed by atoms with Gasteiger partial charge in [-0.3, -0.25) is 0 Å². The molecule has 2 aromatic heterocycles. The maximum atomic E-state index is 13.1. The molecule has 8 heteroatoms. The van der Waals surface area contributed by atoms with Crippen molar-refractivity contribution in [2.75, 3.05) is 13.1 Å². The first kappa shape index (κ1) is 19.8. The molecular formula is C19H24ClN5OS. The summed E-state index contributed by atoms with van der Waals surface area (Å²) in [7, 11) is 0. The van der Waals surface area contributed by atoms with Crippen molar-refractivity contribution in [2.45, 2.75) is 38.6 Å². The Morgan fingerprint density at radius 1 is 1.22 bits per heavy atom. The van der Waals surface area contributed by atoms with Gasteiger partial charge in [-0.15, -0.1) is 23.7 Å². The Kier molecular flexibility index (Phi) is 6.46. The van der Waals surface area contributed by atoms with Crippen LogP contribution in [0.4, 0.5) is 0 Å². The van der Waals surface area contributed by atoms with Gasteiger partial charge in [-0.1, -0.05) is 25.1 Å². The Hall–Kier alpha value is -1.96. The minimum Gasteiger partial charge on any atom is -0.317 e. The molecule has 1 aliphatic heterocycles. The quantitative estimate of drug-likeness (QED) is 0.708. The zero-order valence-electron chi connectivity index (χ0n) is 15.3. The molecule has 1 fully saturated rings. The molecule has 1 N–H and O–H groups in total. The lowest BCUT2D eigenvalue weighted by molar-refractivity contribution is 0.438. The first-order chi connectivity index (χ1) is 12.8. The fourth-order valence-electron chi connectivity index (χ4n) is 3.43. The van der Waals surface area contributed by atoms with Crippen LogP contribution in [0.1, 0.15) is 42.2 Å². The molecule has 1 aromatic carbocycles. The van der Waals surface area contributed by atoms with Crippen LogP contribution in [-0.2, 0) is 13.0 Å². The van der Waals surface area contributed by atoms with Crippen molar-refractivity contribution in [3.05, 3.63) is 62.7 Å². The van der Waals surface area contributed by atoms with E-state index in [1.807, 2.05) is 35.7 Å². The van der Waals surface area contributed by atoms with Gasteiger partial charge in [0.15, 0.2) is 0 Å². The van der Waals surface area contributed by atoms with E-state index in [4.69, 9.17) is 5.10 Å². The van der Waals surface area contributed by atoms with Crippen molar-refractivity contribution in [2.24, 2.45) is 0 Å². The molecule has 144 valence electrons. The van der Waals surface area contributed by atoms with Gasteiger partial charge in [0.05, 0.1) is 22.9 Å². The van der Waals surface area contributed by atoms with Gasteiger partial charge in [0.1, 0.15) is 5.82 Å². The van der Waals surface area contributed by atoms with E-state index in [2.05, 4.69) is 17.2 Å². The second kappa shape index (κ2) is 8.82. The van der Waals surface area contributed by atoms with E-state index in [0.717, 1.165) is 54.6 Å². The first-order valence-corrected chi connectivity index (χ1v) is 10.0. The summed E-state index contributed by atoms with van der Waals surface area (Å²) in [4.78, 5) is 17.7. The van der Waals surface area contributed by atoms with E-state index in [9.17, 15) is 4.79 Å². The van der Waals surface area contributed by atoms with Gasteiger partial charge >= 0.3 is 5.69 Å². The summed E-state index contributed by atoms with van der Waals surface area (Å²) in [6.45, 7) is 4.44. The Bertz CT molecular complexity index is 927. The Morgan fingerprint density at radius 3 is 2.63 bits per heavy atom. The Balaban J connectivity index is 0.00000210. The number of thiazole rings is 1. The van der Waals surface area contributed by atoms with Gasteiger partial charge in [-0.2, -0.15) is 5.10 Å². The molecular weight excluding hydrogens is 382 g/mol. The number of nitrogens with one attached hydrogen (secondary N) is 1. The molecule has 1 aliphatic rings. The number of aromatic nitrogens is 4. The van der Waals surface area contributed by atoms with Gasteiger partial charge in [0.2, 0.25) is 0 Å². The summed E-state index contributed by atoms with van der Waals surface area (Å²) in [5.74, 6) is 1.17. The van der Waals surface area contributed by atoms with Crippen molar-refractivity contribution in [3.8, 4) is 5.69 Å². The molecule has 0 spiro atoms. The fraction of sp³-hybridized carbons (Fsp3) is 0.421. The second-order valence-electron chi connectivity index (χ2n) is 6.58. The summed E-state index contributed by atoms with van der Waals surface area (Å²) in [6.07, 6.45) is 2.91. The van der Waals surface area contributed by atoms with Crippen LogP contribution in [-0.4, -0.2) is 32.4 Å². The maximum absolute atomic E-state index is 13.1. The molecule has 1 saturated heterocycles. The summed E-state index contributed by atoms with van der Waals surface area (Å²) in [5.41, 5.74) is 1.70. The van der Waals surface area contributed by atoms with Crippen LogP contribution in [0.3, 0.4) is 0 Å². The number of para-hydroxylation sites is 1. The molecule has 0 unspecified atom stereocenters. The number of benzene rings is 1. The third-order valence-corrected chi connectivity index (χ3v) is 5.84. The molecule has 6 nitrogen and oxygen atoms in total. The van der Waals surface area contributed by atoms with Gasteiger partial charge in [0.25, 0.3) is 0 Å². The highest BCUT2D eigenvalue weighted by Crippen LogP contribution is 2.25. The van der Waals surface area contributed by atoms with Gasteiger partial charge in [-0.25, -0.2) is 19.0 Å². The molecule has 0 radical (unpaired) electrons. The molecule has 0 amide bonds. The Morgan fingerprint density at radius 2 is 1.96 bits per heavy atom. The lowest BCUT2D eigenvalue weighted by Crippen LogP contribution is -2.29. The summed E-state index contributed by atoms with van der Waals surface area (Å²) in [6, 6.07) is 9.81. The van der Waals surface area contributed by atoms with Crippen molar-refractivity contribution in [1.82, 2.24) is 24.6 Å². The minimum absolute atomic E-state index is 0. The zero-order chi connectivity index (χ0) is 17.9. The van der Waals surface area contributed by atoms with Crippen LogP contribution in [0, 0.1) is 0 Å². The SMILES string of the molecule is CCc1nc(Cn2nc(C3CCNCC3)n(-c3ccccc3)c2=O)cs1.Cl. The average molecular weight is 406 g/mol. The maximum Gasteiger partial charge on any atom is 0.350 e. The van der Waals surface area contributed by atoms with Gasteiger partial charge in [0, 0.05) is 11.3 Å². The van der Waals surface area contributed by atoms with Gasteiger partial charge in [-0.05, 0) is 44.5 Å². The third-order valence-electron chi connectivity index (χ3n) is 4.80. The topological polar surface area (TPSA) is 64.7 Å². The smallest absolute Gasteiger partial charge is 0.317 e. The zero-order valence-corrected chi connectivity index (χ0v) is 16.9. The van der Waals surface area contributed by atoms with Crippen LogP contribution in [0.5, 0.6) is 0 Å². The van der Waals surface area contributed by atoms with Crippen molar-refractivity contribution in [3.63, 3.8) is 0 Å². The monoisotopic (exact) mass is 405 g/mol. The molecule has 3 aromatic rings. The summed E-state index contributed by atoms with van der Waals surface area (Å²) >= 11 is 1.64. The number of halogens is 1. The molecule has 0 aliphatic carbocycles. The van der Waals surface area contributed by atoms with E-state index >= 15 is 0 Å². The number of aryl methyl sites for hydroxylation is 1. The van der Waals surface area contributed by atoms with Crippen LogP contribution >= 0.6 is 23.7 Å².